The van der Waals surface area contributed by atoms with Gasteiger partial charge in [0.05, 0.1) is 14.8 Å². The molecule has 1 heterocycles. The molecule has 0 aromatic carbocycles. The highest BCUT2D eigenvalue weighted by molar-refractivity contribution is 7.20. The minimum absolute atomic E-state index is 0.236. The zero-order valence-electron chi connectivity index (χ0n) is 15.6. The van der Waals surface area contributed by atoms with E-state index < -0.39 is 0 Å². The normalized spacial score (nSPS) is 23.0. The zero-order chi connectivity index (χ0) is 19.6. The van der Waals surface area contributed by atoms with E-state index in [0.29, 0.717) is 12.3 Å². The largest absolute Gasteiger partial charge is 0.393 e. The summed E-state index contributed by atoms with van der Waals surface area (Å²) in [5.41, 5.74) is 6.26. The first-order valence-electron chi connectivity index (χ1n) is 9.69. The van der Waals surface area contributed by atoms with E-state index in [2.05, 4.69) is 24.3 Å². The van der Waals surface area contributed by atoms with Crippen molar-refractivity contribution >= 4 is 40.4 Å². The molecule has 2 unspecified atom stereocenters. The van der Waals surface area contributed by atoms with E-state index >= 15 is 0 Å². The summed E-state index contributed by atoms with van der Waals surface area (Å²) < 4.78 is 1.53. The number of allylic oxidation sites excluding steroid dienone is 3. The summed E-state index contributed by atoms with van der Waals surface area (Å²) in [4.78, 5) is 10.7. The molecule has 2 rings (SSSR count). The Morgan fingerprint density at radius 2 is 2.00 bits per heavy atom. The van der Waals surface area contributed by atoms with Crippen LogP contribution in [0.15, 0.2) is 30.4 Å². The lowest BCUT2D eigenvalue weighted by atomic mass is 9.91. The second kappa shape index (κ2) is 11.9. The lowest BCUT2D eigenvalue weighted by Crippen LogP contribution is -2.16. The maximum Gasteiger partial charge on any atom is 0.217 e. The van der Waals surface area contributed by atoms with Crippen LogP contribution in [-0.2, 0) is 11.2 Å². The van der Waals surface area contributed by atoms with Crippen LogP contribution in [0.3, 0.4) is 0 Å². The van der Waals surface area contributed by atoms with Gasteiger partial charge in [-0.05, 0) is 68.9 Å². The SMILES string of the molecule is NC(=O)CCC/C=C\C[C@H]1CCC(O)C1/C=C/CCCc1cc(Cl)sc1Cl. The third-order valence-electron chi connectivity index (χ3n) is 5.12. The van der Waals surface area contributed by atoms with Gasteiger partial charge in [-0.2, -0.15) is 0 Å². The fourth-order valence-electron chi connectivity index (χ4n) is 3.64. The third kappa shape index (κ3) is 7.98. The predicted octanol–water partition coefficient (Wildman–Crippen LogP) is 5.92. The first kappa shape index (κ1) is 22.5. The Labute approximate surface area is 176 Å². The molecule has 1 fully saturated rings. The molecular formula is C21H29Cl2NO2S. The van der Waals surface area contributed by atoms with Gasteiger partial charge in [0.2, 0.25) is 5.91 Å². The molecular weight excluding hydrogens is 401 g/mol. The summed E-state index contributed by atoms with van der Waals surface area (Å²) in [7, 11) is 0. The third-order valence-corrected chi connectivity index (χ3v) is 6.69. The lowest BCUT2D eigenvalue weighted by Gasteiger charge is -2.17. The average Bonchev–Trinajstić information content (AvgIpc) is 3.12. The first-order chi connectivity index (χ1) is 13.0. The van der Waals surface area contributed by atoms with Crippen LogP contribution in [0.25, 0.3) is 0 Å². The van der Waals surface area contributed by atoms with Crippen LogP contribution >= 0.6 is 34.5 Å². The van der Waals surface area contributed by atoms with Gasteiger partial charge in [0.1, 0.15) is 0 Å². The number of carbonyl (C=O) groups is 1. The number of hydrogen-bond acceptors (Lipinski definition) is 3. The van der Waals surface area contributed by atoms with E-state index in [1.807, 2.05) is 6.07 Å². The Balaban J connectivity index is 1.70. The lowest BCUT2D eigenvalue weighted by molar-refractivity contribution is -0.118. The fraction of sp³-hybridized carbons (Fsp3) is 0.571. The molecule has 0 aliphatic heterocycles. The summed E-state index contributed by atoms with van der Waals surface area (Å²) >= 11 is 13.5. The van der Waals surface area contributed by atoms with Gasteiger partial charge in [-0.25, -0.2) is 0 Å². The number of thiophene rings is 1. The molecule has 0 bridgehead atoms. The number of aryl methyl sites for hydroxylation is 1. The number of rotatable bonds is 11. The number of unbranched alkanes of at least 4 members (excludes halogenated alkanes) is 2. The van der Waals surface area contributed by atoms with Crippen molar-refractivity contribution in [3.05, 3.63) is 44.6 Å². The highest BCUT2D eigenvalue weighted by Crippen LogP contribution is 2.36. The van der Waals surface area contributed by atoms with Crippen molar-refractivity contribution in [3.8, 4) is 0 Å². The number of carbonyl (C=O) groups excluding carboxylic acids is 1. The maximum absolute atomic E-state index is 10.7. The van der Waals surface area contributed by atoms with E-state index in [0.717, 1.165) is 65.6 Å². The maximum atomic E-state index is 10.7. The van der Waals surface area contributed by atoms with Crippen LogP contribution in [0.4, 0.5) is 0 Å². The highest BCUT2D eigenvalue weighted by atomic mass is 35.5. The molecule has 3 nitrogen and oxygen atoms in total. The van der Waals surface area contributed by atoms with Crippen molar-refractivity contribution in [1.82, 2.24) is 0 Å². The molecule has 1 saturated carbocycles. The number of nitrogens with two attached hydrogens (primary N) is 1. The summed E-state index contributed by atoms with van der Waals surface area (Å²) in [5.74, 6) is 0.491. The predicted molar refractivity (Wildman–Crippen MR) is 115 cm³/mol. The Bertz CT molecular complexity index is 657. The molecule has 1 aromatic heterocycles. The van der Waals surface area contributed by atoms with E-state index in [9.17, 15) is 9.90 Å². The second-order valence-electron chi connectivity index (χ2n) is 7.22. The van der Waals surface area contributed by atoms with E-state index in [1.54, 1.807) is 0 Å². The van der Waals surface area contributed by atoms with Crippen molar-refractivity contribution in [2.24, 2.45) is 17.6 Å². The Morgan fingerprint density at radius 3 is 2.70 bits per heavy atom. The van der Waals surface area contributed by atoms with Gasteiger partial charge in [-0.1, -0.05) is 47.5 Å². The van der Waals surface area contributed by atoms with Crippen molar-refractivity contribution in [2.45, 2.75) is 63.9 Å². The van der Waals surface area contributed by atoms with Crippen LogP contribution in [0, 0.1) is 11.8 Å². The van der Waals surface area contributed by atoms with Crippen LogP contribution < -0.4 is 5.73 Å². The van der Waals surface area contributed by atoms with Crippen molar-refractivity contribution in [2.75, 3.05) is 0 Å². The molecule has 0 spiro atoms. The topological polar surface area (TPSA) is 63.3 Å². The molecule has 150 valence electrons. The minimum atomic E-state index is -0.239. The number of amides is 1. The molecule has 1 amide bonds. The number of aliphatic hydroxyl groups is 1. The molecule has 1 aromatic rings. The average molecular weight is 430 g/mol. The molecule has 0 saturated heterocycles. The van der Waals surface area contributed by atoms with Gasteiger partial charge in [0, 0.05) is 12.3 Å². The Kier molecular flexibility index (Phi) is 9.91. The molecule has 27 heavy (non-hydrogen) atoms. The van der Waals surface area contributed by atoms with Crippen LogP contribution in [0.5, 0.6) is 0 Å². The summed E-state index contributed by atoms with van der Waals surface area (Å²) in [6.07, 6.45) is 16.5. The summed E-state index contributed by atoms with van der Waals surface area (Å²) in [5, 5.41) is 10.3. The number of aliphatic hydroxyl groups excluding tert-OH is 1. The summed E-state index contributed by atoms with van der Waals surface area (Å²) in [6.45, 7) is 0. The smallest absolute Gasteiger partial charge is 0.217 e. The number of halogens is 2. The minimum Gasteiger partial charge on any atom is -0.393 e. The molecule has 3 atom stereocenters. The van der Waals surface area contributed by atoms with Crippen molar-refractivity contribution in [1.29, 1.82) is 0 Å². The molecule has 6 heteroatoms. The molecule has 0 radical (unpaired) electrons. The van der Waals surface area contributed by atoms with Crippen molar-refractivity contribution < 1.29 is 9.90 Å². The quantitative estimate of drug-likeness (QED) is 0.338. The molecule has 3 N–H and O–H groups in total. The van der Waals surface area contributed by atoms with Gasteiger partial charge in [0.15, 0.2) is 0 Å². The Morgan fingerprint density at radius 1 is 1.22 bits per heavy atom. The van der Waals surface area contributed by atoms with Gasteiger partial charge >= 0.3 is 0 Å². The molecule has 1 aliphatic carbocycles. The van der Waals surface area contributed by atoms with E-state index in [1.165, 1.54) is 11.3 Å². The Hall–Kier alpha value is -0.810. The van der Waals surface area contributed by atoms with Crippen molar-refractivity contribution in [3.63, 3.8) is 0 Å². The van der Waals surface area contributed by atoms with Gasteiger partial charge in [-0.3, -0.25) is 4.79 Å². The standard InChI is InChI=1S/C21H29Cl2NO2S/c22-19-14-16(21(23)27-19)9-5-3-6-10-17-15(12-13-18(17)25)8-4-1-2-7-11-20(24)26/h1,4,6,10,14-15,17-18,25H,2-3,5,7-9,11-13H2,(H2,24,26)/b4-1-,10-6+/t15-,17?,18?/m0/s1. The molecule has 1 aliphatic rings. The van der Waals surface area contributed by atoms with Gasteiger partial charge in [-0.15, -0.1) is 11.3 Å². The summed E-state index contributed by atoms with van der Waals surface area (Å²) in [6, 6.07) is 1.95. The fourth-order valence-corrected chi connectivity index (χ4v) is 5.18. The first-order valence-corrected chi connectivity index (χ1v) is 11.3. The van der Waals surface area contributed by atoms with E-state index in [4.69, 9.17) is 28.9 Å². The highest BCUT2D eigenvalue weighted by Gasteiger charge is 2.31. The van der Waals surface area contributed by atoms with Crippen LogP contribution in [-0.4, -0.2) is 17.1 Å². The number of primary amides is 1. The second-order valence-corrected chi connectivity index (χ2v) is 9.50. The van der Waals surface area contributed by atoms with Crippen LogP contribution in [0.2, 0.25) is 8.67 Å². The van der Waals surface area contributed by atoms with Gasteiger partial charge in [0.25, 0.3) is 0 Å². The zero-order valence-corrected chi connectivity index (χ0v) is 17.9. The number of hydrogen-bond donors (Lipinski definition) is 2. The monoisotopic (exact) mass is 429 g/mol. The van der Waals surface area contributed by atoms with E-state index in [-0.39, 0.29) is 17.9 Å². The van der Waals surface area contributed by atoms with Gasteiger partial charge < -0.3 is 10.8 Å². The van der Waals surface area contributed by atoms with Crippen LogP contribution in [0.1, 0.15) is 56.9 Å².